The first-order chi connectivity index (χ1) is 12.0. The van der Waals surface area contributed by atoms with Gasteiger partial charge in [-0.15, -0.1) is 0 Å². The number of nitro benzene ring substituents is 1. The molecule has 2 atom stereocenters. The summed E-state index contributed by atoms with van der Waals surface area (Å²) in [5, 5.41) is 11.3. The molecule has 1 aromatic carbocycles. The fourth-order valence-corrected chi connectivity index (χ4v) is 4.05. The van der Waals surface area contributed by atoms with Crippen molar-refractivity contribution in [3.63, 3.8) is 0 Å². The number of fused-ring (bicyclic) bond motifs is 1. The van der Waals surface area contributed by atoms with E-state index < -0.39 is 30.9 Å². The molecule has 2 heterocycles. The number of hydrogen-bond donors (Lipinski definition) is 0. The lowest BCUT2D eigenvalue weighted by molar-refractivity contribution is -0.384. The van der Waals surface area contributed by atoms with Crippen molar-refractivity contribution in [3.05, 3.63) is 28.3 Å². The Kier molecular flexibility index (Phi) is 4.61. The number of sulfone groups is 1. The van der Waals surface area contributed by atoms with Crippen molar-refractivity contribution >= 4 is 21.2 Å². The largest absolute Gasteiger partial charge is 0.501 e. The van der Waals surface area contributed by atoms with Gasteiger partial charge in [0, 0.05) is 25.7 Å². The molecule has 0 aromatic heterocycles. The Morgan fingerprint density at radius 1 is 1.31 bits per heavy atom. The molecular formula is C14H16F3N3O5S. The average molecular weight is 395 g/mol. The van der Waals surface area contributed by atoms with Crippen molar-refractivity contribution in [1.29, 1.82) is 0 Å². The smallest absolute Gasteiger partial charge is 0.373 e. The van der Waals surface area contributed by atoms with E-state index in [0.717, 1.165) is 12.1 Å². The highest BCUT2D eigenvalue weighted by atomic mass is 32.2. The maximum Gasteiger partial charge on any atom is 0.501 e. The summed E-state index contributed by atoms with van der Waals surface area (Å²) in [7, 11) is -3.76. The van der Waals surface area contributed by atoms with Crippen molar-refractivity contribution in [1.82, 2.24) is 4.90 Å². The van der Waals surface area contributed by atoms with E-state index in [1.165, 1.54) is 0 Å². The molecule has 2 unspecified atom stereocenters. The molecule has 3 rings (SSSR count). The molecule has 0 radical (unpaired) electrons. The summed E-state index contributed by atoms with van der Waals surface area (Å²) >= 11 is 0. The molecule has 2 aliphatic rings. The van der Waals surface area contributed by atoms with Crippen LogP contribution in [0.1, 0.15) is 0 Å². The third-order valence-corrected chi connectivity index (χ3v) is 6.16. The topological polar surface area (TPSA) is 93.0 Å². The Labute approximate surface area is 147 Å². The van der Waals surface area contributed by atoms with Crippen LogP contribution in [0.15, 0.2) is 23.1 Å². The van der Waals surface area contributed by atoms with Crippen LogP contribution in [0.4, 0.5) is 24.5 Å². The van der Waals surface area contributed by atoms with E-state index in [-0.39, 0.29) is 17.8 Å². The van der Waals surface area contributed by atoms with Crippen LogP contribution in [0.2, 0.25) is 0 Å². The summed E-state index contributed by atoms with van der Waals surface area (Å²) in [5.74, 6) is 0. The maximum absolute atomic E-state index is 12.7. The molecule has 0 bridgehead atoms. The highest BCUT2D eigenvalue weighted by Gasteiger charge is 2.48. The van der Waals surface area contributed by atoms with Crippen LogP contribution in [-0.4, -0.2) is 69.2 Å². The Hall–Kier alpha value is -1.92. The number of benzene rings is 1. The van der Waals surface area contributed by atoms with Gasteiger partial charge in [-0.05, 0) is 19.2 Å². The summed E-state index contributed by atoms with van der Waals surface area (Å²) in [6, 6.07) is 2.26. The van der Waals surface area contributed by atoms with E-state index in [0.29, 0.717) is 32.3 Å². The molecule has 2 aliphatic heterocycles. The van der Waals surface area contributed by atoms with E-state index in [1.807, 2.05) is 7.05 Å². The Morgan fingerprint density at radius 3 is 2.58 bits per heavy atom. The van der Waals surface area contributed by atoms with Gasteiger partial charge in [-0.1, -0.05) is 0 Å². The predicted molar refractivity (Wildman–Crippen MR) is 84.7 cm³/mol. The minimum atomic E-state index is -5.66. The lowest BCUT2D eigenvalue weighted by Crippen LogP contribution is -2.48. The van der Waals surface area contributed by atoms with Gasteiger partial charge < -0.3 is 9.64 Å². The number of nitrogens with zero attached hydrogens (tertiary/aromatic N) is 3. The zero-order chi connectivity index (χ0) is 19.3. The summed E-state index contributed by atoms with van der Waals surface area (Å²) in [5.41, 5.74) is -6.14. The molecule has 1 aromatic rings. The molecule has 0 amide bonds. The van der Waals surface area contributed by atoms with Gasteiger partial charge in [-0.2, -0.15) is 13.2 Å². The number of alkyl halides is 3. The van der Waals surface area contributed by atoms with E-state index in [1.54, 1.807) is 4.90 Å². The molecule has 8 nitrogen and oxygen atoms in total. The standard InChI is InChI=1S/C14H16F3N3O5S/c1-18-4-5-25-13-8-19(7-12(13)18)10-3-2-9(6-11(10)20(21)22)26(23,24)14(15,16)17/h2-3,6,12-13H,4-5,7-8H2,1H3. The first-order valence-corrected chi connectivity index (χ1v) is 9.17. The molecule has 144 valence electrons. The van der Waals surface area contributed by atoms with Crippen LogP contribution in [0.5, 0.6) is 0 Å². The van der Waals surface area contributed by atoms with Gasteiger partial charge in [0.2, 0.25) is 0 Å². The van der Waals surface area contributed by atoms with Crippen LogP contribution >= 0.6 is 0 Å². The van der Waals surface area contributed by atoms with Crippen LogP contribution < -0.4 is 4.90 Å². The second kappa shape index (κ2) is 6.35. The maximum atomic E-state index is 12.7. The van der Waals surface area contributed by atoms with Crippen LogP contribution in [0, 0.1) is 10.1 Å². The quantitative estimate of drug-likeness (QED) is 0.564. The number of likely N-dealkylation sites (N-methyl/N-ethyl adjacent to an activating group) is 1. The summed E-state index contributed by atoms with van der Waals surface area (Å²) in [6.45, 7) is 1.96. The second-order valence-electron chi connectivity index (χ2n) is 6.22. The first-order valence-electron chi connectivity index (χ1n) is 7.69. The number of hydrogen-bond acceptors (Lipinski definition) is 7. The molecule has 0 N–H and O–H groups in total. The van der Waals surface area contributed by atoms with Gasteiger partial charge >= 0.3 is 5.51 Å². The van der Waals surface area contributed by atoms with Gasteiger partial charge in [0.25, 0.3) is 15.5 Å². The van der Waals surface area contributed by atoms with E-state index in [9.17, 15) is 31.7 Å². The predicted octanol–water partition coefficient (Wildman–Crippen LogP) is 1.41. The molecule has 12 heteroatoms. The third kappa shape index (κ3) is 3.12. The lowest BCUT2D eigenvalue weighted by atomic mass is 10.1. The van der Waals surface area contributed by atoms with Crippen LogP contribution in [0.3, 0.4) is 0 Å². The average Bonchev–Trinajstić information content (AvgIpc) is 2.98. The minimum Gasteiger partial charge on any atom is -0.373 e. The first kappa shape index (κ1) is 18.9. The number of halogens is 3. The Bertz CT molecular complexity index is 830. The van der Waals surface area contributed by atoms with Crippen molar-refractivity contribution in [3.8, 4) is 0 Å². The highest BCUT2D eigenvalue weighted by Crippen LogP contribution is 2.38. The van der Waals surface area contributed by atoms with Crippen LogP contribution in [-0.2, 0) is 14.6 Å². The van der Waals surface area contributed by atoms with Crippen molar-refractivity contribution in [2.24, 2.45) is 0 Å². The minimum absolute atomic E-state index is 0.00179. The number of morpholine rings is 1. The molecule has 2 fully saturated rings. The monoisotopic (exact) mass is 395 g/mol. The van der Waals surface area contributed by atoms with Gasteiger partial charge in [0.1, 0.15) is 5.69 Å². The zero-order valence-corrected chi connectivity index (χ0v) is 14.5. The summed E-state index contributed by atoms with van der Waals surface area (Å²) < 4.78 is 66.8. The summed E-state index contributed by atoms with van der Waals surface area (Å²) in [6.07, 6.45) is -0.174. The van der Waals surface area contributed by atoms with Gasteiger partial charge in [-0.25, -0.2) is 8.42 Å². The van der Waals surface area contributed by atoms with Crippen LogP contribution in [0.25, 0.3) is 0 Å². The van der Waals surface area contributed by atoms with Gasteiger partial charge in [0.15, 0.2) is 0 Å². The van der Waals surface area contributed by atoms with Gasteiger partial charge in [-0.3, -0.25) is 15.0 Å². The molecule has 0 aliphatic carbocycles. The Balaban J connectivity index is 1.98. The third-order valence-electron chi connectivity index (χ3n) is 4.68. The number of rotatable bonds is 3. The number of ether oxygens (including phenoxy) is 1. The number of anilines is 1. The van der Waals surface area contributed by atoms with Crippen molar-refractivity contribution < 1.29 is 31.2 Å². The Morgan fingerprint density at radius 2 is 2.00 bits per heavy atom. The fraction of sp³-hybridized carbons (Fsp3) is 0.571. The van der Waals surface area contributed by atoms with Gasteiger partial charge in [0.05, 0.1) is 28.6 Å². The van der Waals surface area contributed by atoms with E-state index >= 15 is 0 Å². The molecule has 2 saturated heterocycles. The van der Waals surface area contributed by atoms with E-state index in [2.05, 4.69) is 4.90 Å². The summed E-state index contributed by atoms with van der Waals surface area (Å²) in [4.78, 5) is 13.0. The highest BCUT2D eigenvalue weighted by molar-refractivity contribution is 7.92. The fourth-order valence-electron chi connectivity index (χ4n) is 3.27. The number of nitro groups is 1. The molecular weight excluding hydrogens is 379 g/mol. The second-order valence-corrected chi connectivity index (χ2v) is 8.16. The normalized spacial score (nSPS) is 24.5. The molecule has 26 heavy (non-hydrogen) atoms. The lowest BCUT2D eigenvalue weighted by Gasteiger charge is -2.33. The zero-order valence-electron chi connectivity index (χ0n) is 13.6. The molecule has 0 spiro atoms. The van der Waals surface area contributed by atoms with Crippen molar-refractivity contribution in [2.45, 2.75) is 22.5 Å². The van der Waals surface area contributed by atoms with Crippen molar-refractivity contribution in [2.75, 3.05) is 38.2 Å². The van der Waals surface area contributed by atoms with E-state index in [4.69, 9.17) is 4.74 Å². The SMILES string of the molecule is CN1CCOC2CN(c3ccc(S(=O)(=O)C(F)(F)F)cc3[N+](=O)[O-])CC21. The molecule has 0 saturated carbocycles.